The number of amides is 3. The van der Waals surface area contributed by atoms with Gasteiger partial charge in [0.05, 0.1) is 12.3 Å². The van der Waals surface area contributed by atoms with E-state index in [2.05, 4.69) is 15.6 Å². The van der Waals surface area contributed by atoms with E-state index in [-0.39, 0.29) is 12.5 Å². The van der Waals surface area contributed by atoms with Crippen LogP contribution in [-0.2, 0) is 9.53 Å². The minimum Gasteiger partial charge on any atom is -0.465 e. The number of carbonyl (C=O) groups is 3. The van der Waals surface area contributed by atoms with E-state index in [0.29, 0.717) is 28.0 Å². The Labute approximate surface area is 199 Å². The number of ether oxygens (including phenoxy) is 1. The molecule has 3 aromatic rings. The van der Waals surface area contributed by atoms with Crippen molar-refractivity contribution < 1.29 is 24.2 Å². The molecule has 174 valence electrons. The van der Waals surface area contributed by atoms with E-state index in [0.717, 1.165) is 23.3 Å². The van der Waals surface area contributed by atoms with Crippen molar-refractivity contribution in [2.75, 3.05) is 11.9 Å². The Morgan fingerprint density at radius 1 is 1.06 bits per heavy atom. The number of thiazole rings is 1. The average Bonchev–Trinajstić information content (AvgIpc) is 3.35. The maximum Gasteiger partial charge on any atom is 0.410 e. The summed E-state index contributed by atoms with van der Waals surface area (Å²) in [7, 11) is 0. The quantitative estimate of drug-likeness (QED) is 0.497. The van der Waals surface area contributed by atoms with E-state index < -0.39 is 24.3 Å². The first-order chi connectivity index (χ1) is 16.5. The van der Waals surface area contributed by atoms with Gasteiger partial charge < -0.3 is 20.5 Å². The van der Waals surface area contributed by atoms with Gasteiger partial charge in [0.15, 0.2) is 11.4 Å². The summed E-state index contributed by atoms with van der Waals surface area (Å²) in [5.41, 5.74) is 2.70. The lowest BCUT2D eigenvalue weighted by atomic mass is 10.1. The Morgan fingerprint density at radius 3 is 2.47 bits per heavy atom. The highest BCUT2D eigenvalue weighted by Crippen LogP contribution is 2.32. The second-order valence-electron chi connectivity index (χ2n) is 8.15. The maximum absolute atomic E-state index is 12.9. The first-order valence-electron chi connectivity index (χ1n) is 10.8. The molecule has 1 aliphatic carbocycles. The molecule has 3 amide bonds. The number of hydrogen-bond acceptors (Lipinski definition) is 6. The van der Waals surface area contributed by atoms with Gasteiger partial charge in [-0.05, 0) is 25.0 Å². The molecule has 1 aliphatic heterocycles. The minimum atomic E-state index is -1.24. The van der Waals surface area contributed by atoms with Gasteiger partial charge in [-0.2, -0.15) is 0 Å². The molecule has 0 bridgehead atoms. The van der Waals surface area contributed by atoms with Gasteiger partial charge in [0.2, 0.25) is 0 Å². The van der Waals surface area contributed by atoms with Crippen molar-refractivity contribution in [3.63, 3.8) is 0 Å². The molecule has 2 fully saturated rings. The number of hydrogen-bond donors (Lipinski definition) is 3. The fraction of sp³-hybridized carbons (Fsp3) is 0.250. The standard InChI is InChI=1S/C24H22N4O5S/c29-20(25-17-10-11-17)15-8-6-14(7-9-15)18-13-34-23(26-18)27-21(30)19-12-33-22(28(19)24(31)32)16-4-2-1-3-5-16/h1-9,13,17,19,22H,10-12H2,(H,25,29)(H,31,32)(H,26,27,30). The third-order valence-corrected chi connectivity index (χ3v) is 6.46. The van der Waals surface area contributed by atoms with E-state index in [1.54, 1.807) is 41.8 Å². The third kappa shape index (κ3) is 4.63. The summed E-state index contributed by atoms with van der Waals surface area (Å²) >= 11 is 1.24. The number of rotatable bonds is 6. The molecule has 0 spiro atoms. The number of aromatic nitrogens is 1. The zero-order valence-electron chi connectivity index (χ0n) is 18.0. The van der Waals surface area contributed by atoms with Crippen LogP contribution in [0.5, 0.6) is 0 Å². The summed E-state index contributed by atoms with van der Waals surface area (Å²) in [6.45, 7) is -0.0552. The highest BCUT2D eigenvalue weighted by atomic mass is 32.1. The van der Waals surface area contributed by atoms with Crippen molar-refractivity contribution in [1.29, 1.82) is 0 Å². The second kappa shape index (κ2) is 9.24. The first-order valence-corrected chi connectivity index (χ1v) is 11.7. The molecule has 2 unspecified atom stereocenters. The number of benzene rings is 2. The molecule has 2 atom stereocenters. The van der Waals surface area contributed by atoms with Crippen LogP contribution in [0.15, 0.2) is 60.0 Å². The zero-order valence-corrected chi connectivity index (χ0v) is 18.8. The summed E-state index contributed by atoms with van der Waals surface area (Å²) in [5.74, 6) is -0.593. The maximum atomic E-state index is 12.9. The van der Waals surface area contributed by atoms with Crippen LogP contribution in [0.4, 0.5) is 9.93 Å². The van der Waals surface area contributed by atoms with Gasteiger partial charge in [0.1, 0.15) is 6.04 Å². The first kappa shape index (κ1) is 22.1. The van der Waals surface area contributed by atoms with Crippen LogP contribution in [0.1, 0.15) is 35.0 Å². The van der Waals surface area contributed by atoms with Crippen molar-refractivity contribution >= 4 is 34.4 Å². The molecule has 2 aromatic carbocycles. The molecule has 2 heterocycles. The van der Waals surface area contributed by atoms with Gasteiger partial charge in [0.25, 0.3) is 11.8 Å². The SMILES string of the molecule is O=C(NC1CC1)c1ccc(-c2csc(NC(=O)C3COC(c4ccccc4)N3C(=O)O)n2)cc1. The van der Waals surface area contributed by atoms with E-state index in [1.807, 2.05) is 18.2 Å². The van der Waals surface area contributed by atoms with Crippen LogP contribution in [0.25, 0.3) is 11.3 Å². The lowest BCUT2D eigenvalue weighted by Gasteiger charge is -2.24. The smallest absolute Gasteiger partial charge is 0.410 e. The van der Waals surface area contributed by atoms with Gasteiger partial charge in [0, 0.05) is 28.1 Å². The van der Waals surface area contributed by atoms with Crippen LogP contribution < -0.4 is 10.6 Å². The molecule has 34 heavy (non-hydrogen) atoms. The molecular weight excluding hydrogens is 456 g/mol. The van der Waals surface area contributed by atoms with E-state index in [9.17, 15) is 19.5 Å². The van der Waals surface area contributed by atoms with Crippen molar-refractivity contribution in [3.8, 4) is 11.3 Å². The van der Waals surface area contributed by atoms with Crippen molar-refractivity contribution in [3.05, 3.63) is 71.1 Å². The lowest BCUT2D eigenvalue weighted by Crippen LogP contribution is -2.44. The number of carboxylic acid groups (broad SMARTS) is 1. The summed E-state index contributed by atoms with van der Waals surface area (Å²) in [5, 5.41) is 17.5. The Kier molecular flexibility index (Phi) is 5.99. The second-order valence-corrected chi connectivity index (χ2v) is 9.01. The van der Waals surface area contributed by atoms with Crippen LogP contribution in [0.3, 0.4) is 0 Å². The fourth-order valence-corrected chi connectivity index (χ4v) is 4.48. The minimum absolute atomic E-state index is 0.0552. The largest absolute Gasteiger partial charge is 0.465 e. The number of nitrogens with one attached hydrogen (secondary N) is 2. The molecule has 3 N–H and O–H groups in total. The van der Waals surface area contributed by atoms with Gasteiger partial charge in [-0.25, -0.2) is 9.78 Å². The summed E-state index contributed by atoms with van der Waals surface area (Å²) in [6.07, 6.45) is -0.0308. The molecule has 1 saturated carbocycles. The molecule has 0 radical (unpaired) electrons. The predicted molar refractivity (Wildman–Crippen MR) is 125 cm³/mol. The van der Waals surface area contributed by atoms with Crippen LogP contribution in [-0.4, -0.2) is 51.6 Å². The number of carbonyl (C=O) groups excluding carboxylic acids is 2. The van der Waals surface area contributed by atoms with Gasteiger partial charge in [-0.15, -0.1) is 11.3 Å². The topological polar surface area (TPSA) is 121 Å². The Morgan fingerprint density at radius 2 is 1.79 bits per heavy atom. The van der Waals surface area contributed by atoms with Crippen molar-refractivity contribution in [2.24, 2.45) is 0 Å². The van der Waals surface area contributed by atoms with Crippen molar-refractivity contribution in [2.45, 2.75) is 31.2 Å². The van der Waals surface area contributed by atoms with Crippen molar-refractivity contribution in [1.82, 2.24) is 15.2 Å². The molecule has 2 aliphatic rings. The van der Waals surface area contributed by atoms with Crippen LogP contribution in [0, 0.1) is 0 Å². The monoisotopic (exact) mass is 478 g/mol. The van der Waals surface area contributed by atoms with E-state index in [1.165, 1.54) is 11.3 Å². The molecule has 1 saturated heterocycles. The zero-order chi connectivity index (χ0) is 23.7. The molecular formula is C24H22N4O5S. The lowest BCUT2D eigenvalue weighted by molar-refractivity contribution is -0.119. The van der Waals surface area contributed by atoms with Gasteiger partial charge in [-0.1, -0.05) is 42.5 Å². The third-order valence-electron chi connectivity index (χ3n) is 5.70. The Balaban J connectivity index is 1.25. The van der Waals surface area contributed by atoms with Crippen LogP contribution in [0.2, 0.25) is 0 Å². The molecule has 10 heteroatoms. The van der Waals surface area contributed by atoms with Gasteiger partial charge in [-0.3, -0.25) is 14.5 Å². The summed E-state index contributed by atoms with van der Waals surface area (Å²) in [6, 6.07) is 15.3. The number of anilines is 1. The molecule has 9 nitrogen and oxygen atoms in total. The predicted octanol–water partition coefficient (Wildman–Crippen LogP) is 3.72. The van der Waals surface area contributed by atoms with E-state index >= 15 is 0 Å². The normalized spacial score (nSPS) is 19.6. The Bertz CT molecular complexity index is 1210. The van der Waals surface area contributed by atoms with E-state index in [4.69, 9.17) is 4.74 Å². The highest BCUT2D eigenvalue weighted by molar-refractivity contribution is 7.14. The van der Waals surface area contributed by atoms with Crippen LogP contribution >= 0.6 is 11.3 Å². The molecule has 5 rings (SSSR count). The Hall–Kier alpha value is -3.76. The average molecular weight is 479 g/mol. The molecule has 1 aromatic heterocycles. The summed E-state index contributed by atoms with van der Waals surface area (Å²) < 4.78 is 5.65. The fourth-order valence-electron chi connectivity index (χ4n) is 3.76. The highest BCUT2D eigenvalue weighted by Gasteiger charge is 2.43. The summed E-state index contributed by atoms with van der Waals surface area (Å²) in [4.78, 5) is 42.4. The van der Waals surface area contributed by atoms with Gasteiger partial charge >= 0.3 is 6.09 Å². The number of nitrogens with zero attached hydrogens (tertiary/aromatic N) is 2.